The van der Waals surface area contributed by atoms with Crippen LogP contribution in [0.5, 0.6) is 0 Å². The Morgan fingerprint density at radius 1 is 1.21 bits per heavy atom. The van der Waals surface area contributed by atoms with Gasteiger partial charge in [-0.3, -0.25) is 4.98 Å². The molecule has 0 amide bonds. The predicted octanol–water partition coefficient (Wildman–Crippen LogP) is 4.37. The van der Waals surface area contributed by atoms with Crippen molar-refractivity contribution >= 4 is 33.1 Å². The third-order valence-electron chi connectivity index (χ3n) is 4.69. The minimum absolute atomic E-state index is 0.202. The molecule has 0 fully saturated rings. The Morgan fingerprint density at radius 2 is 1.97 bits per heavy atom. The fourth-order valence-corrected chi connectivity index (χ4v) is 3.78. The zero-order valence-electron chi connectivity index (χ0n) is 16.3. The standard InChI is InChI=1S/C21H20N4O3S/c1-11(2)13-4-6-15(7-5-13)23-21-25-24-19(29-21)17-8-16-14(10-26)9-22-12(3)18(16)28-20(17)27/h4-9,11,26H,10H2,1-3H3,(H,23,25). The maximum atomic E-state index is 12.5. The average Bonchev–Trinajstić information content (AvgIpc) is 3.17. The quantitative estimate of drug-likeness (QED) is 0.505. The summed E-state index contributed by atoms with van der Waals surface area (Å²) in [6, 6.07) is 9.80. The van der Waals surface area contributed by atoms with Gasteiger partial charge in [0.1, 0.15) is 0 Å². The maximum absolute atomic E-state index is 12.5. The van der Waals surface area contributed by atoms with Gasteiger partial charge in [-0.15, -0.1) is 10.2 Å². The number of aromatic nitrogens is 3. The molecule has 0 aliphatic heterocycles. The lowest BCUT2D eigenvalue weighted by Crippen LogP contribution is -2.05. The molecule has 0 spiro atoms. The highest BCUT2D eigenvalue weighted by Crippen LogP contribution is 2.30. The Bertz CT molecular complexity index is 1230. The zero-order chi connectivity index (χ0) is 20.5. The second-order valence-corrected chi connectivity index (χ2v) is 8.01. The third kappa shape index (κ3) is 3.76. The van der Waals surface area contributed by atoms with E-state index in [-0.39, 0.29) is 6.61 Å². The number of anilines is 2. The number of hydrogen-bond acceptors (Lipinski definition) is 8. The molecule has 8 heteroatoms. The molecule has 0 radical (unpaired) electrons. The van der Waals surface area contributed by atoms with E-state index in [1.54, 1.807) is 19.2 Å². The van der Waals surface area contributed by atoms with Gasteiger partial charge >= 0.3 is 5.63 Å². The van der Waals surface area contributed by atoms with E-state index in [0.717, 1.165) is 5.69 Å². The van der Waals surface area contributed by atoms with Crippen LogP contribution in [-0.2, 0) is 6.61 Å². The lowest BCUT2D eigenvalue weighted by Gasteiger charge is -2.07. The van der Waals surface area contributed by atoms with E-state index < -0.39 is 5.63 Å². The summed E-state index contributed by atoms with van der Waals surface area (Å²) in [6.07, 6.45) is 1.58. The monoisotopic (exact) mass is 408 g/mol. The van der Waals surface area contributed by atoms with Crippen LogP contribution < -0.4 is 10.9 Å². The van der Waals surface area contributed by atoms with Gasteiger partial charge < -0.3 is 14.8 Å². The number of fused-ring (bicyclic) bond motifs is 1. The molecule has 0 atom stereocenters. The number of nitrogens with one attached hydrogen (secondary N) is 1. The molecular formula is C21H20N4O3S. The molecule has 1 aromatic carbocycles. The number of nitrogens with zero attached hydrogens (tertiary/aromatic N) is 3. The zero-order valence-corrected chi connectivity index (χ0v) is 17.1. The van der Waals surface area contributed by atoms with Crippen molar-refractivity contribution in [2.75, 3.05) is 5.32 Å². The summed E-state index contributed by atoms with van der Waals surface area (Å²) in [5, 5.41) is 22.7. The summed E-state index contributed by atoms with van der Waals surface area (Å²) < 4.78 is 5.47. The van der Waals surface area contributed by atoms with E-state index in [1.165, 1.54) is 16.9 Å². The van der Waals surface area contributed by atoms with Crippen molar-refractivity contribution in [1.29, 1.82) is 0 Å². The first-order valence-corrected chi connectivity index (χ1v) is 10.0. The molecule has 0 saturated heterocycles. The highest BCUT2D eigenvalue weighted by atomic mass is 32.1. The van der Waals surface area contributed by atoms with Crippen molar-refractivity contribution < 1.29 is 9.52 Å². The highest BCUT2D eigenvalue weighted by molar-refractivity contribution is 7.18. The summed E-state index contributed by atoms with van der Waals surface area (Å²) in [4.78, 5) is 16.7. The first-order valence-electron chi connectivity index (χ1n) is 9.20. The highest BCUT2D eigenvalue weighted by Gasteiger charge is 2.16. The topological polar surface area (TPSA) is 101 Å². The molecule has 4 aromatic rings. The summed E-state index contributed by atoms with van der Waals surface area (Å²) in [5.74, 6) is 0.465. The second kappa shape index (κ2) is 7.73. The molecule has 0 aliphatic carbocycles. The van der Waals surface area contributed by atoms with Crippen LogP contribution in [0.25, 0.3) is 21.5 Å². The fraction of sp³-hybridized carbons (Fsp3) is 0.238. The van der Waals surface area contributed by atoms with Crippen molar-refractivity contribution in [3.05, 3.63) is 63.8 Å². The predicted molar refractivity (Wildman–Crippen MR) is 114 cm³/mol. The van der Waals surface area contributed by atoms with Crippen molar-refractivity contribution in [1.82, 2.24) is 15.2 Å². The molecule has 29 heavy (non-hydrogen) atoms. The van der Waals surface area contributed by atoms with E-state index in [4.69, 9.17) is 4.42 Å². The fourth-order valence-electron chi connectivity index (χ4n) is 3.01. The Morgan fingerprint density at radius 3 is 2.66 bits per heavy atom. The van der Waals surface area contributed by atoms with Crippen LogP contribution in [0.2, 0.25) is 0 Å². The van der Waals surface area contributed by atoms with Crippen LogP contribution in [0.15, 0.2) is 45.7 Å². The van der Waals surface area contributed by atoms with Crippen LogP contribution >= 0.6 is 11.3 Å². The van der Waals surface area contributed by atoms with Crippen molar-refractivity contribution in [2.45, 2.75) is 33.3 Å². The van der Waals surface area contributed by atoms with Crippen molar-refractivity contribution in [3.63, 3.8) is 0 Å². The number of benzene rings is 1. The lowest BCUT2D eigenvalue weighted by atomic mass is 10.0. The number of aryl methyl sites for hydroxylation is 1. The Hall–Kier alpha value is -3.10. The number of hydrogen-bond donors (Lipinski definition) is 2. The van der Waals surface area contributed by atoms with Gasteiger partial charge in [0.2, 0.25) is 5.13 Å². The Labute approximate surface area is 171 Å². The van der Waals surface area contributed by atoms with E-state index in [1.807, 2.05) is 12.1 Å². The molecule has 0 saturated carbocycles. The van der Waals surface area contributed by atoms with E-state index in [9.17, 15) is 9.90 Å². The third-order valence-corrected chi connectivity index (χ3v) is 5.56. The second-order valence-electron chi connectivity index (χ2n) is 7.03. The normalized spacial score (nSPS) is 11.3. The number of aliphatic hydroxyl groups excluding tert-OH is 1. The van der Waals surface area contributed by atoms with Crippen molar-refractivity contribution in [2.24, 2.45) is 0 Å². The minimum Gasteiger partial charge on any atom is -0.420 e. The summed E-state index contributed by atoms with van der Waals surface area (Å²) in [5.41, 5.74) is 3.49. The smallest absolute Gasteiger partial charge is 0.346 e. The summed E-state index contributed by atoms with van der Waals surface area (Å²) in [6.45, 7) is 5.85. The van der Waals surface area contributed by atoms with Crippen LogP contribution in [0.1, 0.15) is 36.6 Å². The summed E-state index contributed by atoms with van der Waals surface area (Å²) >= 11 is 1.26. The number of pyridine rings is 1. The number of aliphatic hydroxyl groups is 1. The molecule has 4 rings (SSSR count). The summed E-state index contributed by atoms with van der Waals surface area (Å²) in [7, 11) is 0. The molecule has 3 aromatic heterocycles. The van der Waals surface area contributed by atoms with Crippen LogP contribution in [0, 0.1) is 6.92 Å². The molecule has 0 bridgehead atoms. The Balaban J connectivity index is 1.68. The first kappa shape index (κ1) is 19.2. The maximum Gasteiger partial charge on any atom is 0.346 e. The van der Waals surface area contributed by atoms with Crippen LogP contribution in [0.4, 0.5) is 10.8 Å². The van der Waals surface area contributed by atoms with E-state index in [2.05, 4.69) is 46.5 Å². The average molecular weight is 408 g/mol. The molecule has 2 N–H and O–H groups in total. The van der Waals surface area contributed by atoms with Crippen LogP contribution in [-0.4, -0.2) is 20.3 Å². The van der Waals surface area contributed by atoms with Gasteiger partial charge in [0.15, 0.2) is 10.6 Å². The van der Waals surface area contributed by atoms with Crippen LogP contribution in [0.3, 0.4) is 0 Å². The minimum atomic E-state index is -0.513. The van der Waals surface area contributed by atoms with Gasteiger partial charge in [0, 0.05) is 22.8 Å². The molecule has 0 unspecified atom stereocenters. The molecule has 3 heterocycles. The van der Waals surface area contributed by atoms with Gasteiger partial charge in [-0.2, -0.15) is 0 Å². The van der Waals surface area contributed by atoms with E-state index in [0.29, 0.717) is 43.8 Å². The van der Waals surface area contributed by atoms with Gasteiger partial charge in [-0.1, -0.05) is 37.3 Å². The van der Waals surface area contributed by atoms with Crippen molar-refractivity contribution in [3.8, 4) is 10.6 Å². The SMILES string of the molecule is Cc1ncc(CO)c2cc(-c3nnc(Nc4ccc(C(C)C)cc4)s3)c(=O)oc12. The molecular weight excluding hydrogens is 388 g/mol. The van der Waals surface area contributed by atoms with Gasteiger partial charge in [-0.25, -0.2) is 4.79 Å². The number of rotatable bonds is 5. The molecule has 0 aliphatic rings. The Kier molecular flexibility index (Phi) is 5.12. The van der Waals surface area contributed by atoms with E-state index >= 15 is 0 Å². The molecule has 7 nitrogen and oxygen atoms in total. The van der Waals surface area contributed by atoms with Gasteiger partial charge in [0.25, 0.3) is 0 Å². The molecule has 148 valence electrons. The lowest BCUT2D eigenvalue weighted by molar-refractivity contribution is 0.282. The van der Waals surface area contributed by atoms with Gasteiger partial charge in [-0.05, 0) is 36.6 Å². The largest absolute Gasteiger partial charge is 0.420 e. The van der Waals surface area contributed by atoms with Gasteiger partial charge in [0.05, 0.1) is 17.9 Å². The first-order chi connectivity index (χ1) is 14.0.